The number of rotatable bonds is 2. The SMILES string of the molecule is CC1(C)CCCCC1C(Cl)c1ccc2c(c1)OCCCO2. The van der Waals surface area contributed by atoms with Crippen molar-refractivity contribution in [1.82, 2.24) is 0 Å². The molecule has 1 aromatic rings. The van der Waals surface area contributed by atoms with Crippen LogP contribution in [0.5, 0.6) is 11.5 Å². The lowest BCUT2D eigenvalue weighted by Crippen LogP contribution is -2.30. The number of hydrogen-bond acceptors (Lipinski definition) is 2. The van der Waals surface area contributed by atoms with Gasteiger partial charge >= 0.3 is 0 Å². The van der Waals surface area contributed by atoms with E-state index in [2.05, 4.69) is 26.0 Å². The molecule has 0 saturated heterocycles. The summed E-state index contributed by atoms with van der Waals surface area (Å²) in [6, 6.07) is 6.21. The average Bonchev–Trinajstić information content (AvgIpc) is 2.70. The Morgan fingerprint density at radius 2 is 1.86 bits per heavy atom. The Kier molecular flexibility index (Phi) is 4.35. The van der Waals surface area contributed by atoms with Crippen LogP contribution in [0.2, 0.25) is 0 Å². The van der Waals surface area contributed by atoms with Crippen molar-refractivity contribution in [3.8, 4) is 11.5 Å². The molecule has 0 bridgehead atoms. The van der Waals surface area contributed by atoms with Crippen LogP contribution in [-0.2, 0) is 0 Å². The van der Waals surface area contributed by atoms with Gasteiger partial charge in [-0.15, -0.1) is 11.6 Å². The first-order valence-corrected chi connectivity index (χ1v) is 8.55. The fourth-order valence-electron chi connectivity index (χ4n) is 3.65. The molecular formula is C18H25ClO2. The van der Waals surface area contributed by atoms with Crippen molar-refractivity contribution >= 4 is 11.6 Å². The first-order valence-electron chi connectivity index (χ1n) is 8.11. The van der Waals surface area contributed by atoms with Crippen LogP contribution in [0.25, 0.3) is 0 Å². The number of alkyl halides is 1. The first kappa shape index (κ1) is 15.0. The molecule has 1 aromatic carbocycles. The van der Waals surface area contributed by atoms with Gasteiger partial charge < -0.3 is 9.47 Å². The summed E-state index contributed by atoms with van der Waals surface area (Å²) in [5.41, 5.74) is 1.48. The second-order valence-corrected chi connectivity index (χ2v) is 7.47. The summed E-state index contributed by atoms with van der Waals surface area (Å²) in [7, 11) is 0. The molecule has 21 heavy (non-hydrogen) atoms. The third-order valence-electron chi connectivity index (χ3n) is 5.03. The maximum absolute atomic E-state index is 6.86. The molecule has 3 rings (SSSR count). The summed E-state index contributed by atoms with van der Waals surface area (Å²) in [5, 5.41) is 0.0532. The lowest BCUT2D eigenvalue weighted by atomic mass is 9.66. The molecule has 0 amide bonds. The number of halogens is 1. The molecule has 2 atom stereocenters. The predicted molar refractivity (Wildman–Crippen MR) is 86.4 cm³/mol. The molecule has 0 N–H and O–H groups in total. The topological polar surface area (TPSA) is 18.5 Å². The third-order valence-corrected chi connectivity index (χ3v) is 5.59. The molecule has 1 aliphatic carbocycles. The largest absolute Gasteiger partial charge is 0.490 e. The van der Waals surface area contributed by atoms with Gasteiger partial charge in [-0.1, -0.05) is 32.8 Å². The third kappa shape index (κ3) is 3.15. The molecule has 2 nitrogen and oxygen atoms in total. The quantitative estimate of drug-likeness (QED) is 0.686. The first-order chi connectivity index (χ1) is 10.1. The molecule has 3 heteroatoms. The van der Waals surface area contributed by atoms with Crippen molar-refractivity contribution < 1.29 is 9.47 Å². The van der Waals surface area contributed by atoms with Crippen LogP contribution in [0.4, 0.5) is 0 Å². The fourth-order valence-corrected chi connectivity index (χ4v) is 4.25. The second kappa shape index (κ2) is 6.08. The van der Waals surface area contributed by atoms with E-state index in [9.17, 15) is 0 Å². The van der Waals surface area contributed by atoms with Gasteiger partial charge in [0.05, 0.1) is 18.6 Å². The van der Waals surface area contributed by atoms with Crippen molar-refractivity contribution in [1.29, 1.82) is 0 Å². The summed E-state index contributed by atoms with van der Waals surface area (Å²) in [6.07, 6.45) is 6.04. The highest BCUT2D eigenvalue weighted by Crippen LogP contribution is 2.50. The van der Waals surface area contributed by atoms with Crippen molar-refractivity contribution in [2.45, 2.75) is 51.3 Å². The number of hydrogen-bond donors (Lipinski definition) is 0. The van der Waals surface area contributed by atoms with Gasteiger partial charge in [-0.2, -0.15) is 0 Å². The zero-order chi connectivity index (χ0) is 14.9. The molecule has 0 spiro atoms. The van der Waals surface area contributed by atoms with Gasteiger partial charge in [0.15, 0.2) is 11.5 Å². The van der Waals surface area contributed by atoms with Gasteiger partial charge in [-0.25, -0.2) is 0 Å². The molecule has 1 aliphatic heterocycles. The smallest absolute Gasteiger partial charge is 0.161 e. The highest BCUT2D eigenvalue weighted by Gasteiger charge is 2.37. The van der Waals surface area contributed by atoms with E-state index >= 15 is 0 Å². The van der Waals surface area contributed by atoms with Crippen LogP contribution in [0.15, 0.2) is 18.2 Å². The molecule has 1 fully saturated rings. The Labute approximate surface area is 132 Å². The number of fused-ring (bicyclic) bond motifs is 1. The van der Waals surface area contributed by atoms with Gasteiger partial charge in [0.1, 0.15) is 0 Å². The van der Waals surface area contributed by atoms with Crippen LogP contribution in [-0.4, -0.2) is 13.2 Å². The zero-order valence-electron chi connectivity index (χ0n) is 13.0. The van der Waals surface area contributed by atoms with E-state index in [4.69, 9.17) is 21.1 Å². The lowest BCUT2D eigenvalue weighted by molar-refractivity contribution is 0.133. The van der Waals surface area contributed by atoms with Crippen molar-refractivity contribution in [2.24, 2.45) is 11.3 Å². The predicted octanol–water partition coefficient (Wildman–Crippen LogP) is 5.34. The minimum atomic E-state index is 0.0532. The van der Waals surface area contributed by atoms with Gasteiger partial charge in [0.25, 0.3) is 0 Å². The van der Waals surface area contributed by atoms with Crippen LogP contribution in [0.1, 0.15) is 56.9 Å². The van der Waals surface area contributed by atoms with E-state index < -0.39 is 0 Å². The molecule has 1 heterocycles. The van der Waals surface area contributed by atoms with Gasteiger partial charge in [-0.3, -0.25) is 0 Å². The van der Waals surface area contributed by atoms with Crippen molar-refractivity contribution in [2.75, 3.05) is 13.2 Å². The minimum Gasteiger partial charge on any atom is -0.490 e. The Hall–Kier alpha value is -0.890. The lowest BCUT2D eigenvalue weighted by Gasteiger charge is -2.41. The standard InChI is InChI=1S/C18H25ClO2/c1-18(2)9-4-3-6-14(18)17(19)13-7-8-15-16(12-13)21-11-5-10-20-15/h7-8,12,14,17H,3-6,9-11H2,1-2H3. The summed E-state index contributed by atoms with van der Waals surface area (Å²) < 4.78 is 11.5. The van der Waals surface area contributed by atoms with Crippen molar-refractivity contribution in [3.05, 3.63) is 23.8 Å². The van der Waals surface area contributed by atoms with Gasteiger partial charge in [-0.05, 0) is 41.9 Å². The van der Waals surface area contributed by atoms with E-state index in [1.807, 2.05) is 6.07 Å². The molecule has 116 valence electrons. The maximum atomic E-state index is 6.86. The normalized spacial score (nSPS) is 26.0. The van der Waals surface area contributed by atoms with E-state index in [1.165, 1.54) is 31.2 Å². The molecule has 2 unspecified atom stereocenters. The maximum Gasteiger partial charge on any atom is 0.161 e. The summed E-state index contributed by atoms with van der Waals surface area (Å²) in [5.74, 6) is 2.23. The second-order valence-electron chi connectivity index (χ2n) is 7.00. The number of ether oxygens (including phenoxy) is 2. The average molecular weight is 309 g/mol. The monoisotopic (exact) mass is 308 g/mol. The fraction of sp³-hybridized carbons (Fsp3) is 0.667. The zero-order valence-corrected chi connectivity index (χ0v) is 13.8. The van der Waals surface area contributed by atoms with E-state index in [0.29, 0.717) is 11.3 Å². The Morgan fingerprint density at radius 1 is 1.10 bits per heavy atom. The Balaban J connectivity index is 1.84. The van der Waals surface area contributed by atoms with Gasteiger partial charge in [0.2, 0.25) is 0 Å². The summed E-state index contributed by atoms with van der Waals surface area (Å²) >= 11 is 6.86. The molecule has 0 radical (unpaired) electrons. The van der Waals surface area contributed by atoms with Crippen LogP contribution >= 0.6 is 11.6 Å². The van der Waals surface area contributed by atoms with E-state index in [-0.39, 0.29) is 5.38 Å². The molecule has 1 saturated carbocycles. The molecular weight excluding hydrogens is 284 g/mol. The van der Waals surface area contributed by atoms with Gasteiger partial charge in [0, 0.05) is 6.42 Å². The van der Waals surface area contributed by atoms with Crippen LogP contribution < -0.4 is 9.47 Å². The van der Waals surface area contributed by atoms with Crippen LogP contribution in [0, 0.1) is 11.3 Å². The Bertz CT molecular complexity index is 498. The number of benzene rings is 1. The summed E-state index contributed by atoms with van der Waals surface area (Å²) in [4.78, 5) is 0. The highest BCUT2D eigenvalue weighted by molar-refractivity contribution is 6.21. The van der Waals surface area contributed by atoms with E-state index in [0.717, 1.165) is 31.1 Å². The molecule has 2 aliphatic rings. The highest BCUT2D eigenvalue weighted by atomic mass is 35.5. The minimum absolute atomic E-state index is 0.0532. The van der Waals surface area contributed by atoms with Crippen LogP contribution in [0.3, 0.4) is 0 Å². The Morgan fingerprint density at radius 3 is 2.62 bits per heavy atom. The van der Waals surface area contributed by atoms with Crippen molar-refractivity contribution in [3.63, 3.8) is 0 Å². The molecule has 0 aromatic heterocycles. The summed E-state index contributed by atoms with van der Waals surface area (Å²) in [6.45, 7) is 6.16. The van der Waals surface area contributed by atoms with E-state index in [1.54, 1.807) is 0 Å².